The molecule has 102 valence electrons. The highest BCUT2D eigenvalue weighted by molar-refractivity contribution is 5.85. The second-order valence-corrected chi connectivity index (χ2v) is 5.00. The molecular weight excluding hydrogens is 242 g/mol. The number of β-amino-alcohol motifs (C(OH)–C–C–N with tert-alkyl or cyclic N) is 1. The molecule has 0 aliphatic carbocycles. The van der Waals surface area contributed by atoms with Gasteiger partial charge in [-0.1, -0.05) is 0 Å². The van der Waals surface area contributed by atoms with E-state index in [0.29, 0.717) is 6.54 Å². The zero-order chi connectivity index (χ0) is 13.1. The summed E-state index contributed by atoms with van der Waals surface area (Å²) in [7, 11) is 0. The lowest BCUT2D eigenvalue weighted by atomic mass is 10.3. The van der Waals surface area contributed by atoms with Crippen LogP contribution in [-0.4, -0.2) is 57.2 Å². The number of anilines is 1. The summed E-state index contributed by atoms with van der Waals surface area (Å²) in [6.45, 7) is 3.43. The van der Waals surface area contributed by atoms with E-state index in [1.807, 2.05) is 12.3 Å². The van der Waals surface area contributed by atoms with E-state index >= 15 is 0 Å². The van der Waals surface area contributed by atoms with E-state index in [1.54, 1.807) is 0 Å². The third-order valence-electron chi connectivity index (χ3n) is 3.52. The predicted octanol–water partition coefficient (Wildman–Crippen LogP) is 0.826. The fourth-order valence-electron chi connectivity index (χ4n) is 2.55. The molecular formula is C13H19N5O. The number of fused-ring (bicyclic) bond motifs is 1. The minimum Gasteiger partial charge on any atom is -0.390 e. The molecule has 3 heterocycles. The van der Waals surface area contributed by atoms with Crippen molar-refractivity contribution in [2.24, 2.45) is 0 Å². The van der Waals surface area contributed by atoms with E-state index < -0.39 is 0 Å². The third-order valence-corrected chi connectivity index (χ3v) is 3.52. The molecule has 0 radical (unpaired) electrons. The monoisotopic (exact) mass is 261 g/mol. The van der Waals surface area contributed by atoms with Gasteiger partial charge in [0.15, 0.2) is 5.82 Å². The van der Waals surface area contributed by atoms with Gasteiger partial charge >= 0.3 is 0 Å². The molecule has 0 spiro atoms. The van der Waals surface area contributed by atoms with Gasteiger partial charge in [-0.15, -0.1) is 0 Å². The fourth-order valence-corrected chi connectivity index (χ4v) is 2.55. The first kappa shape index (κ1) is 12.4. The Labute approximate surface area is 111 Å². The van der Waals surface area contributed by atoms with Crippen molar-refractivity contribution in [3.05, 3.63) is 18.6 Å². The molecule has 0 aromatic carbocycles. The standard InChI is InChI=1S/C13H19N5O/c19-10(8-18-5-1-2-6-18)7-15-13-12-11(3-4-14-12)16-9-17-13/h3-4,9-10,14,19H,1-2,5-8H2,(H,15,16,17). The maximum Gasteiger partial charge on any atom is 0.153 e. The zero-order valence-electron chi connectivity index (χ0n) is 10.8. The molecule has 1 aliphatic rings. The fraction of sp³-hybridized carbons (Fsp3) is 0.538. The molecule has 2 aromatic heterocycles. The topological polar surface area (TPSA) is 77.1 Å². The third kappa shape index (κ3) is 2.85. The van der Waals surface area contributed by atoms with E-state index in [9.17, 15) is 5.11 Å². The lowest BCUT2D eigenvalue weighted by Gasteiger charge is -2.19. The van der Waals surface area contributed by atoms with Gasteiger partial charge in [0.05, 0.1) is 11.6 Å². The molecule has 1 unspecified atom stereocenters. The molecule has 0 bridgehead atoms. The smallest absolute Gasteiger partial charge is 0.153 e. The van der Waals surface area contributed by atoms with E-state index in [-0.39, 0.29) is 6.10 Å². The van der Waals surface area contributed by atoms with Crippen LogP contribution in [0, 0.1) is 0 Å². The number of aromatic nitrogens is 3. The van der Waals surface area contributed by atoms with Crippen molar-refractivity contribution >= 4 is 16.9 Å². The van der Waals surface area contributed by atoms with Crippen molar-refractivity contribution in [3.8, 4) is 0 Å². The number of nitrogens with one attached hydrogen (secondary N) is 2. The summed E-state index contributed by atoms with van der Waals surface area (Å²) in [5.74, 6) is 0.746. The molecule has 19 heavy (non-hydrogen) atoms. The number of hydrogen-bond acceptors (Lipinski definition) is 5. The Hall–Kier alpha value is -1.66. The van der Waals surface area contributed by atoms with Crippen LogP contribution in [0.15, 0.2) is 18.6 Å². The van der Waals surface area contributed by atoms with Crippen molar-refractivity contribution in [2.75, 3.05) is 31.5 Å². The summed E-state index contributed by atoms with van der Waals surface area (Å²) in [4.78, 5) is 13.8. The van der Waals surface area contributed by atoms with Crippen LogP contribution in [-0.2, 0) is 0 Å². The van der Waals surface area contributed by atoms with Gasteiger partial charge in [-0.25, -0.2) is 9.97 Å². The highest BCUT2D eigenvalue weighted by Gasteiger charge is 2.16. The lowest BCUT2D eigenvalue weighted by Crippen LogP contribution is -2.34. The van der Waals surface area contributed by atoms with E-state index in [1.165, 1.54) is 19.2 Å². The van der Waals surface area contributed by atoms with Crippen molar-refractivity contribution in [1.82, 2.24) is 19.9 Å². The van der Waals surface area contributed by atoms with Crippen LogP contribution < -0.4 is 5.32 Å². The largest absolute Gasteiger partial charge is 0.390 e. The van der Waals surface area contributed by atoms with Crippen LogP contribution >= 0.6 is 0 Å². The Morgan fingerprint density at radius 3 is 3.05 bits per heavy atom. The summed E-state index contributed by atoms with van der Waals surface area (Å²) < 4.78 is 0. The molecule has 1 fully saturated rings. The average molecular weight is 261 g/mol. The second kappa shape index (κ2) is 5.54. The number of nitrogens with zero attached hydrogens (tertiary/aromatic N) is 3. The SMILES string of the molecule is OC(CNc1ncnc2cc[nH]c12)CN1CCCC1. The average Bonchev–Trinajstić information content (AvgIpc) is 3.06. The highest BCUT2D eigenvalue weighted by Crippen LogP contribution is 2.16. The van der Waals surface area contributed by atoms with Gasteiger partial charge in [-0.3, -0.25) is 0 Å². The maximum atomic E-state index is 10.0. The van der Waals surface area contributed by atoms with Gasteiger partial charge < -0.3 is 20.3 Å². The Morgan fingerprint density at radius 2 is 2.21 bits per heavy atom. The number of aromatic amines is 1. The van der Waals surface area contributed by atoms with Gasteiger partial charge in [-0.05, 0) is 32.0 Å². The van der Waals surface area contributed by atoms with E-state index in [0.717, 1.165) is 36.5 Å². The Morgan fingerprint density at radius 1 is 1.37 bits per heavy atom. The molecule has 1 atom stereocenters. The zero-order valence-corrected chi connectivity index (χ0v) is 10.8. The Kier molecular flexibility index (Phi) is 3.61. The molecule has 0 amide bonds. The molecule has 3 rings (SSSR count). The normalized spacial score (nSPS) is 17.9. The maximum absolute atomic E-state index is 10.0. The Bertz CT molecular complexity index is 535. The van der Waals surface area contributed by atoms with Gasteiger partial charge in [0.1, 0.15) is 11.8 Å². The van der Waals surface area contributed by atoms with Crippen molar-refractivity contribution in [2.45, 2.75) is 18.9 Å². The van der Waals surface area contributed by atoms with Gasteiger partial charge in [0.25, 0.3) is 0 Å². The van der Waals surface area contributed by atoms with Crippen LogP contribution in [0.3, 0.4) is 0 Å². The molecule has 6 heteroatoms. The molecule has 0 saturated carbocycles. The first-order valence-electron chi connectivity index (χ1n) is 6.75. The van der Waals surface area contributed by atoms with Crippen LogP contribution in [0.25, 0.3) is 11.0 Å². The summed E-state index contributed by atoms with van der Waals surface area (Å²) in [5, 5.41) is 13.2. The van der Waals surface area contributed by atoms with Crippen LogP contribution in [0.4, 0.5) is 5.82 Å². The van der Waals surface area contributed by atoms with Crippen LogP contribution in [0.2, 0.25) is 0 Å². The quantitative estimate of drug-likeness (QED) is 0.743. The second-order valence-electron chi connectivity index (χ2n) is 5.00. The molecule has 6 nitrogen and oxygen atoms in total. The summed E-state index contributed by atoms with van der Waals surface area (Å²) in [6, 6.07) is 1.91. The molecule has 1 aliphatic heterocycles. The Balaban J connectivity index is 1.57. The molecule has 2 aromatic rings. The van der Waals surface area contributed by atoms with Gasteiger partial charge in [-0.2, -0.15) is 0 Å². The number of rotatable bonds is 5. The number of aliphatic hydroxyl groups excluding tert-OH is 1. The number of H-pyrrole nitrogens is 1. The summed E-state index contributed by atoms with van der Waals surface area (Å²) in [6.07, 6.45) is 5.49. The number of aliphatic hydroxyl groups is 1. The summed E-state index contributed by atoms with van der Waals surface area (Å²) in [5.41, 5.74) is 1.77. The predicted molar refractivity (Wildman–Crippen MR) is 74.1 cm³/mol. The van der Waals surface area contributed by atoms with Crippen LogP contribution in [0.5, 0.6) is 0 Å². The van der Waals surface area contributed by atoms with Crippen molar-refractivity contribution < 1.29 is 5.11 Å². The minimum absolute atomic E-state index is 0.377. The highest BCUT2D eigenvalue weighted by atomic mass is 16.3. The van der Waals surface area contributed by atoms with Gasteiger partial charge in [0.2, 0.25) is 0 Å². The first-order chi connectivity index (χ1) is 9.33. The molecule has 3 N–H and O–H groups in total. The first-order valence-corrected chi connectivity index (χ1v) is 6.75. The van der Waals surface area contributed by atoms with Crippen LogP contribution in [0.1, 0.15) is 12.8 Å². The van der Waals surface area contributed by atoms with Crippen molar-refractivity contribution in [1.29, 1.82) is 0 Å². The van der Waals surface area contributed by atoms with Crippen molar-refractivity contribution in [3.63, 3.8) is 0 Å². The van der Waals surface area contributed by atoms with E-state index in [2.05, 4.69) is 25.2 Å². The number of likely N-dealkylation sites (tertiary alicyclic amines) is 1. The molecule has 1 saturated heterocycles. The lowest BCUT2D eigenvalue weighted by molar-refractivity contribution is 0.135. The minimum atomic E-state index is -0.377. The number of hydrogen-bond donors (Lipinski definition) is 3. The van der Waals surface area contributed by atoms with Gasteiger partial charge in [0, 0.05) is 19.3 Å². The van der Waals surface area contributed by atoms with E-state index in [4.69, 9.17) is 0 Å². The summed E-state index contributed by atoms with van der Waals surface area (Å²) >= 11 is 0.